The maximum Gasteiger partial charge on any atom is 0.261 e. The van der Waals surface area contributed by atoms with E-state index in [1.54, 1.807) is 36.5 Å². The Morgan fingerprint density at radius 3 is 3.17 bits per heavy atom. The average molecular weight is 245 g/mol. The predicted octanol–water partition coefficient (Wildman–Crippen LogP) is 1.38. The highest BCUT2D eigenvalue weighted by atomic mass is 16.5. The van der Waals surface area contributed by atoms with Gasteiger partial charge in [-0.3, -0.25) is 14.3 Å². The Morgan fingerprint density at radius 2 is 2.39 bits per heavy atom. The molecule has 0 saturated carbocycles. The zero-order chi connectivity index (χ0) is 13.0. The van der Waals surface area contributed by atoms with E-state index < -0.39 is 0 Å². The van der Waals surface area contributed by atoms with E-state index in [1.165, 1.54) is 0 Å². The Morgan fingerprint density at radius 1 is 1.56 bits per heavy atom. The smallest absolute Gasteiger partial charge is 0.261 e. The maximum atomic E-state index is 12.1. The predicted molar refractivity (Wildman–Crippen MR) is 69.4 cm³/mol. The van der Waals surface area contributed by atoms with Gasteiger partial charge in [0.25, 0.3) is 5.56 Å². The number of aromatic nitrogens is 3. The van der Waals surface area contributed by atoms with Gasteiger partial charge in [-0.05, 0) is 13.0 Å². The van der Waals surface area contributed by atoms with Gasteiger partial charge < -0.3 is 4.74 Å². The summed E-state index contributed by atoms with van der Waals surface area (Å²) >= 11 is 0. The molecule has 0 saturated heterocycles. The van der Waals surface area contributed by atoms with E-state index in [0.717, 1.165) is 5.57 Å². The number of pyridine rings is 1. The molecule has 18 heavy (non-hydrogen) atoms. The lowest BCUT2D eigenvalue weighted by Crippen LogP contribution is -2.20. The van der Waals surface area contributed by atoms with Crippen LogP contribution in [0.1, 0.15) is 6.92 Å². The van der Waals surface area contributed by atoms with Gasteiger partial charge in [0.2, 0.25) is 0 Å². The summed E-state index contributed by atoms with van der Waals surface area (Å²) in [5.74, 6) is 0. The quantitative estimate of drug-likeness (QED) is 0.764. The zero-order valence-corrected chi connectivity index (χ0v) is 10.5. The minimum atomic E-state index is -0.0520. The third kappa shape index (κ3) is 2.62. The summed E-state index contributed by atoms with van der Waals surface area (Å²) in [5, 5.41) is 0.588. The summed E-state index contributed by atoms with van der Waals surface area (Å²) in [6, 6.07) is 1.69. The van der Waals surface area contributed by atoms with Gasteiger partial charge in [0.05, 0.1) is 30.0 Å². The fraction of sp³-hybridized carbons (Fsp3) is 0.308. The van der Waals surface area contributed by atoms with E-state index in [-0.39, 0.29) is 5.56 Å². The van der Waals surface area contributed by atoms with Gasteiger partial charge in [0.1, 0.15) is 0 Å². The van der Waals surface area contributed by atoms with Crippen LogP contribution in [0, 0.1) is 0 Å². The lowest BCUT2D eigenvalue weighted by Gasteiger charge is -2.04. The van der Waals surface area contributed by atoms with Crippen molar-refractivity contribution in [2.24, 2.45) is 0 Å². The van der Waals surface area contributed by atoms with Crippen LogP contribution in [0.2, 0.25) is 0 Å². The molecule has 0 aromatic carbocycles. The van der Waals surface area contributed by atoms with E-state index in [2.05, 4.69) is 9.97 Å². The van der Waals surface area contributed by atoms with Crippen molar-refractivity contribution < 1.29 is 4.74 Å². The summed E-state index contributed by atoms with van der Waals surface area (Å²) < 4.78 is 6.58. The molecule has 94 valence electrons. The highest BCUT2D eigenvalue weighted by Gasteiger charge is 2.02. The second kappa shape index (κ2) is 5.55. The molecule has 2 heterocycles. The second-order valence-corrected chi connectivity index (χ2v) is 4.08. The molecule has 0 aliphatic rings. The monoisotopic (exact) mass is 245 g/mol. The fourth-order valence-corrected chi connectivity index (χ4v) is 1.68. The molecule has 0 amide bonds. The molecule has 5 heteroatoms. The first kappa shape index (κ1) is 12.4. The SMILES string of the molecule is COCC(C)=CCn1cnc2cnccc2c1=O. The minimum absolute atomic E-state index is 0.0520. The van der Waals surface area contributed by atoms with E-state index in [9.17, 15) is 4.79 Å². The summed E-state index contributed by atoms with van der Waals surface area (Å²) in [6.07, 6.45) is 6.69. The van der Waals surface area contributed by atoms with Gasteiger partial charge in [-0.2, -0.15) is 0 Å². The molecular formula is C13H15N3O2. The van der Waals surface area contributed by atoms with Crippen LogP contribution in [0.4, 0.5) is 0 Å². The Labute approximate surface area is 105 Å². The first-order valence-corrected chi connectivity index (χ1v) is 5.66. The number of hydrogen-bond acceptors (Lipinski definition) is 4. The van der Waals surface area contributed by atoms with Crippen molar-refractivity contribution in [1.29, 1.82) is 0 Å². The third-order valence-electron chi connectivity index (χ3n) is 2.64. The molecule has 0 radical (unpaired) electrons. The molecule has 0 aliphatic carbocycles. The molecule has 0 bridgehead atoms. The second-order valence-electron chi connectivity index (χ2n) is 4.08. The average Bonchev–Trinajstić information content (AvgIpc) is 2.39. The van der Waals surface area contributed by atoms with Crippen LogP contribution in [0.15, 0.2) is 41.2 Å². The van der Waals surface area contributed by atoms with Crippen molar-refractivity contribution in [3.05, 3.63) is 46.8 Å². The van der Waals surface area contributed by atoms with Crippen molar-refractivity contribution in [3.63, 3.8) is 0 Å². The van der Waals surface area contributed by atoms with Crippen molar-refractivity contribution in [1.82, 2.24) is 14.5 Å². The van der Waals surface area contributed by atoms with Crippen LogP contribution in [0.3, 0.4) is 0 Å². The fourth-order valence-electron chi connectivity index (χ4n) is 1.68. The van der Waals surface area contributed by atoms with Crippen molar-refractivity contribution in [2.75, 3.05) is 13.7 Å². The molecule has 2 rings (SSSR count). The number of ether oxygens (including phenoxy) is 1. The molecule has 0 fully saturated rings. The molecule has 0 spiro atoms. The van der Waals surface area contributed by atoms with Gasteiger partial charge in [0.15, 0.2) is 0 Å². The molecule has 2 aromatic heterocycles. The van der Waals surface area contributed by atoms with Gasteiger partial charge in [-0.15, -0.1) is 0 Å². The Bertz CT molecular complexity index is 631. The molecule has 0 N–H and O–H groups in total. The standard InChI is InChI=1S/C13H15N3O2/c1-10(8-18-2)4-6-16-9-15-12-7-14-5-3-11(12)13(16)17/h3-5,7,9H,6,8H2,1-2H3. The third-order valence-corrected chi connectivity index (χ3v) is 2.64. The normalized spacial score (nSPS) is 12.0. The van der Waals surface area contributed by atoms with Gasteiger partial charge in [-0.1, -0.05) is 11.6 Å². The molecule has 2 aromatic rings. The number of hydrogen-bond donors (Lipinski definition) is 0. The number of allylic oxidation sites excluding steroid dienone is 1. The lowest BCUT2D eigenvalue weighted by atomic mass is 10.3. The summed E-state index contributed by atoms with van der Waals surface area (Å²) in [5.41, 5.74) is 1.65. The minimum Gasteiger partial charge on any atom is -0.380 e. The van der Waals surface area contributed by atoms with E-state index in [1.807, 2.05) is 13.0 Å². The van der Waals surface area contributed by atoms with Crippen molar-refractivity contribution in [3.8, 4) is 0 Å². The van der Waals surface area contributed by atoms with Crippen LogP contribution in [-0.4, -0.2) is 28.3 Å². The first-order valence-electron chi connectivity index (χ1n) is 5.66. The molecule has 0 atom stereocenters. The maximum absolute atomic E-state index is 12.1. The Hall–Kier alpha value is -2.01. The molecule has 0 aliphatic heterocycles. The Kier molecular flexibility index (Phi) is 3.84. The topological polar surface area (TPSA) is 57.0 Å². The molecule has 0 unspecified atom stereocenters. The van der Waals surface area contributed by atoms with Gasteiger partial charge >= 0.3 is 0 Å². The lowest BCUT2D eigenvalue weighted by molar-refractivity contribution is 0.225. The number of nitrogens with zero attached hydrogens (tertiary/aromatic N) is 3. The summed E-state index contributed by atoms with van der Waals surface area (Å²) in [7, 11) is 1.65. The van der Waals surface area contributed by atoms with Crippen LogP contribution in [0.25, 0.3) is 10.9 Å². The largest absolute Gasteiger partial charge is 0.380 e. The van der Waals surface area contributed by atoms with Gasteiger partial charge in [0, 0.05) is 19.9 Å². The number of methoxy groups -OCH3 is 1. The van der Waals surface area contributed by atoms with Crippen molar-refractivity contribution in [2.45, 2.75) is 13.5 Å². The zero-order valence-electron chi connectivity index (χ0n) is 10.5. The highest BCUT2D eigenvalue weighted by molar-refractivity contribution is 5.75. The number of rotatable bonds is 4. The molecular weight excluding hydrogens is 230 g/mol. The van der Waals surface area contributed by atoms with E-state index in [0.29, 0.717) is 24.1 Å². The number of fused-ring (bicyclic) bond motifs is 1. The van der Waals surface area contributed by atoms with Crippen LogP contribution < -0.4 is 5.56 Å². The van der Waals surface area contributed by atoms with Gasteiger partial charge in [-0.25, -0.2) is 4.98 Å². The van der Waals surface area contributed by atoms with E-state index >= 15 is 0 Å². The molecule has 5 nitrogen and oxygen atoms in total. The van der Waals surface area contributed by atoms with E-state index in [4.69, 9.17) is 4.74 Å². The summed E-state index contributed by atoms with van der Waals surface area (Å²) in [4.78, 5) is 20.3. The summed E-state index contributed by atoms with van der Waals surface area (Å²) in [6.45, 7) is 3.03. The Balaban J connectivity index is 2.33. The van der Waals surface area contributed by atoms with Crippen LogP contribution >= 0.6 is 0 Å². The highest BCUT2D eigenvalue weighted by Crippen LogP contribution is 2.03. The van der Waals surface area contributed by atoms with Crippen LogP contribution in [-0.2, 0) is 11.3 Å². The van der Waals surface area contributed by atoms with Crippen LogP contribution in [0.5, 0.6) is 0 Å². The van der Waals surface area contributed by atoms with Crippen molar-refractivity contribution >= 4 is 10.9 Å². The first-order chi connectivity index (χ1) is 8.72.